The van der Waals surface area contributed by atoms with Crippen molar-refractivity contribution in [3.63, 3.8) is 0 Å². The molecule has 1 amide bonds. The molecule has 8 heteroatoms. The third-order valence-corrected chi connectivity index (χ3v) is 4.59. The number of aryl methyl sites for hydroxylation is 1. The van der Waals surface area contributed by atoms with E-state index < -0.39 is 0 Å². The Hall–Kier alpha value is -3.68. The highest BCUT2D eigenvalue weighted by Crippen LogP contribution is 2.21. The fraction of sp³-hybridized carbons (Fsp3) is 0.238. The maximum Gasteiger partial charge on any atom is 0.326 e. The number of amides is 1. The van der Waals surface area contributed by atoms with E-state index in [1.807, 2.05) is 55.5 Å². The Morgan fingerprint density at radius 1 is 1.21 bits per heavy atom. The van der Waals surface area contributed by atoms with Gasteiger partial charge in [-0.05, 0) is 30.2 Å². The van der Waals surface area contributed by atoms with Crippen LogP contribution >= 0.6 is 0 Å². The van der Waals surface area contributed by atoms with E-state index in [0.29, 0.717) is 24.7 Å². The molecule has 8 nitrogen and oxygen atoms in total. The average Bonchev–Trinajstić information content (AvgIpc) is 3.32. The summed E-state index contributed by atoms with van der Waals surface area (Å²) in [6.45, 7) is 2.84. The molecule has 0 atom stereocenters. The lowest BCUT2D eigenvalue weighted by Crippen LogP contribution is -2.24. The number of imidazole rings is 1. The van der Waals surface area contributed by atoms with Gasteiger partial charge >= 0.3 is 5.69 Å². The number of nitrogens with one attached hydrogen (secondary N) is 2. The third kappa shape index (κ3) is 4.11. The predicted molar refractivity (Wildman–Crippen MR) is 108 cm³/mol. The van der Waals surface area contributed by atoms with Crippen molar-refractivity contribution in [2.75, 3.05) is 0 Å². The number of fused-ring (bicyclic) bond motifs is 1. The van der Waals surface area contributed by atoms with Crippen molar-refractivity contribution >= 4 is 16.9 Å². The molecule has 29 heavy (non-hydrogen) atoms. The number of hydrogen-bond donors (Lipinski definition) is 2. The van der Waals surface area contributed by atoms with Gasteiger partial charge in [0.1, 0.15) is 0 Å². The van der Waals surface area contributed by atoms with Crippen molar-refractivity contribution in [2.24, 2.45) is 0 Å². The van der Waals surface area contributed by atoms with Crippen LogP contribution in [0.25, 0.3) is 22.4 Å². The number of aromatic amines is 1. The highest BCUT2D eigenvalue weighted by Gasteiger charge is 2.13. The third-order valence-electron chi connectivity index (χ3n) is 4.59. The smallest absolute Gasteiger partial charge is 0.326 e. The van der Waals surface area contributed by atoms with Gasteiger partial charge in [-0.1, -0.05) is 42.4 Å². The van der Waals surface area contributed by atoms with Gasteiger partial charge in [0.2, 0.25) is 17.6 Å². The van der Waals surface area contributed by atoms with Crippen LogP contribution in [0.3, 0.4) is 0 Å². The number of carbonyl (C=O) groups is 1. The van der Waals surface area contributed by atoms with Crippen LogP contribution < -0.4 is 11.0 Å². The minimum atomic E-state index is -0.131. The summed E-state index contributed by atoms with van der Waals surface area (Å²) >= 11 is 0. The zero-order valence-electron chi connectivity index (χ0n) is 16.0. The summed E-state index contributed by atoms with van der Waals surface area (Å²) in [5.41, 5.74) is 3.11. The molecule has 2 aromatic carbocycles. The number of aromatic nitrogens is 4. The van der Waals surface area contributed by atoms with E-state index in [4.69, 9.17) is 4.52 Å². The van der Waals surface area contributed by atoms with Crippen LogP contribution in [0.1, 0.15) is 24.8 Å². The quantitative estimate of drug-likeness (QED) is 0.504. The lowest BCUT2D eigenvalue weighted by molar-refractivity contribution is -0.120. The molecule has 0 saturated heterocycles. The van der Waals surface area contributed by atoms with E-state index in [2.05, 4.69) is 20.4 Å². The van der Waals surface area contributed by atoms with Gasteiger partial charge in [0.05, 0.1) is 24.0 Å². The van der Waals surface area contributed by atoms with Gasteiger partial charge in [0, 0.05) is 12.1 Å². The average molecular weight is 391 g/mol. The SMILES string of the molecule is CCCn1c(=O)[nH]c2cc(-c3noc(CNC(=O)Cc4ccccc4)n3)ccc21. The number of H-pyrrole nitrogens is 1. The molecule has 2 N–H and O–H groups in total. The lowest BCUT2D eigenvalue weighted by atomic mass is 10.1. The van der Waals surface area contributed by atoms with Crippen molar-refractivity contribution in [2.45, 2.75) is 32.9 Å². The Bertz CT molecular complexity index is 1190. The molecular weight excluding hydrogens is 370 g/mol. The second-order valence-electron chi connectivity index (χ2n) is 6.76. The second-order valence-corrected chi connectivity index (χ2v) is 6.76. The Kier molecular flexibility index (Phi) is 5.24. The highest BCUT2D eigenvalue weighted by atomic mass is 16.5. The Morgan fingerprint density at radius 2 is 2.03 bits per heavy atom. The summed E-state index contributed by atoms with van der Waals surface area (Å²) in [6, 6.07) is 15.1. The van der Waals surface area contributed by atoms with Gasteiger partial charge in [0.25, 0.3) is 0 Å². The standard InChI is InChI=1S/C21H21N5O3/c1-2-10-26-17-9-8-15(12-16(17)23-21(26)28)20-24-19(29-25-20)13-22-18(27)11-14-6-4-3-5-7-14/h3-9,12H,2,10-11,13H2,1H3,(H,22,27)(H,23,28). The first kappa shape index (κ1) is 18.7. The first-order valence-electron chi connectivity index (χ1n) is 9.50. The fourth-order valence-corrected chi connectivity index (χ4v) is 3.21. The monoisotopic (exact) mass is 391 g/mol. The van der Waals surface area contributed by atoms with Crippen molar-refractivity contribution in [1.82, 2.24) is 25.0 Å². The summed E-state index contributed by atoms with van der Waals surface area (Å²) in [7, 11) is 0. The Morgan fingerprint density at radius 3 is 2.83 bits per heavy atom. The van der Waals surface area contributed by atoms with Crippen LogP contribution in [0.15, 0.2) is 57.8 Å². The van der Waals surface area contributed by atoms with Crippen LogP contribution in [-0.2, 0) is 24.3 Å². The summed E-state index contributed by atoms with van der Waals surface area (Å²) in [5.74, 6) is 0.606. The van der Waals surface area contributed by atoms with Crippen LogP contribution in [-0.4, -0.2) is 25.6 Å². The maximum atomic E-state index is 12.1. The summed E-state index contributed by atoms with van der Waals surface area (Å²) in [4.78, 5) is 31.3. The maximum absolute atomic E-state index is 12.1. The van der Waals surface area contributed by atoms with Crippen molar-refractivity contribution in [3.05, 3.63) is 70.5 Å². The van der Waals surface area contributed by atoms with Crippen molar-refractivity contribution in [3.8, 4) is 11.4 Å². The van der Waals surface area contributed by atoms with Gasteiger partial charge in [-0.15, -0.1) is 0 Å². The molecule has 0 aliphatic carbocycles. The largest absolute Gasteiger partial charge is 0.347 e. The first-order chi connectivity index (χ1) is 14.1. The molecule has 0 fully saturated rings. The second kappa shape index (κ2) is 8.14. The molecular formula is C21H21N5O3. The van der Waals surface area contributed by atoms with Gasteiger partial charge in [-0.25, -0.2) is 4.79 Å². The molecule has 0 saturated carbocycles. The van der Waals surface area contributed by atoms with Crippen molar-refractivity contribution < 1.29 is 9.32 Å². The van der Waals surface area contributed by atoms with Crippen LogP contribution in [0.5, 0.6) is 0 Å². The van der Waals surface area contributed by atoms with Crippen LogP contribution in [0, 0.1) is 0 Å². The lowest BCUT2D eigenvalue weighted by Gasteiger charge is -2.02. The van der Waals surface area contributed by atoms with E-state index in [9.17, 15) is 9.59 Å². The molecule has 148 valence electrons. The summed E-state index contributed by atoms with van der Waals surface area (Å²) in [6.07, 6.45) is 1.17. The number of nitrogens with zero attached hydrogens (tertiary/aromatic N) is 3. The zero-order chi connectivity index (χ0) is 20.2. The first-order valence-corrected chi connectivity index (χ1v) is 9.50. The number of rotatable bonds is 7. The normalized spacial score (nSPS) is 11.1. The van der Waals surface area contributed by atoms with E-state index in [0.717, 1.165) is 28.6 Å². The molecule has 0 bridgehead atoms. The van der Waals surface area contributed by atoms with Crippen molar-refractivity contribution in [1.29, 1.82) is 0 Å². The van der Waals surface area contributed by atoms with E-state index in [1.54, 1.807) is 4.57 Å². The predicted octanol–water partition coefficient (Wildman–Crippen LogP) is 2.65. The highest BCUT2D eigenvalue weighted by molar-refractivity contribution is 5.80. The van der Waals surface area contributed by atoms with Gasteiger partial charge in [0.15, 0.2) is 0 Å². The topological polar surface area (TPSA) is 106 Å². The Labute approximate surface area is 166 Å². The molecule has 2 heterocycles. The fourth-order valence-electron chi connectivity index (χ4n) is 3.21. The molecule has 0 radical (unpaired) electrons. The molecule has 0 unspecified atom stereocenters. The molecule has 0 spiro atoms. The van der Waals surface area contributed by atoms with E-state index in [1.165, 1.54) is 0 Å². The van der Waals surface area contributed by atoms with Gasteiger partial charge in [-0.3, -0.25) is 9.36 Å². The van der Waals surface area contributed by atoms with Gasteiger partial charge < -0.3 is 14.8 Å². The molecule has 4 rings (SSSR count). The summed E-state index contributed by atoms with van der Waals surface area (Å²) < 4.78 is 6.96. The number of carbonyl (C=O) groups excluding carboxylic acids is 1. The molecule has 4 aromatic rings. The van der Waals surface area contributed by atoms with Crippen LogP contribution in [0.4, 0.5) is 0 Å². The molecule has 0 aliphatic rings. The molecule has 2 aromatic heterocycles. The zero-order valence-corrected chi connectivity index (χ0v) is 16.0. The number of hydrogen-bond acceptors (Lipinski definition) is 5. The van der Waals surface area contributed by atoms with Crippen LogP contribution in [0.2, 0.25) is 0 Å². The van der Waals surface area contributed by atoms with Gasteiger partial charge in [-0.2, -0.15) is 4.98 Å². The Balaban J connectivity index is 1.44. The van der Waals surface area contributed by atoms with E-state index >= 15 is 0 Å². The summed E-state index contributed by atoms with van der Waals surface area (Å²) in [5, 5.41) is 6.77. The number of benzene rings is 2. The van der Waals surface area contributed by atoms with E-state index in [-0.39, 0.29) is 18.1 Å². The minimum absolute atomic E-state index is 0.118. The molecule has 0 aliphatic heterocycles. The minimum Gasteiger partial charge on any atom is -0.347 e.